The van der Waals surface area contributed by atoms with Gasteiger partial charge in [-0.1, -0.05) is 11.6 Å². The molecule has 1 aliphatic rings. The van der Waals surface area contributed by atoms with E-state index >= 15 is 0 Å². The topological polar surface area (TPSA) is 66.9 Å². The molecule has 1 aromatic rings. The third-order valence-corrected chi connectivity index (χ3v) is 3.45. The van der Waals surface area contributed by atoms with Gasteiger partial charge in [-0.3, -0.25) is 4.79 Å². The van der Waals surface area contributed by atoms with Crippen molar-refractivity contribution in [2.24, 2.45) is 0 Å². The Morgan fingerprint density at radius 1 is 1.29 bits per heavy atom. The van der Waals surface area contributed by atoms with Crippen LogP contribution in [0.15, 0.2) is 23.8 Å². The normalized spacial score (nSPS) is 14.7. The predicted molar refractivity (Wildman–Crippen MR) is 84.3 cm³/mol. The minimum atomic E-state index is -0.157. The van der Waals surface area contributed by atoms with Crippen LogP contribution in [0.25, 0.3) is 0 Å². The van der Waals surface area contributed by atoms with Gasteiger partial charge in [-0.25, -0.2) is 0 Å². The van der Waals surface area contributed by atoms with Crippen molar-refractivity contribution >= 4 is 11.7 Å². The summed E-state index contributed by atoms with van der Waals surface area (Å²) < 4.78 is 0. The zero-order valence-electron chi connectivity index (χ0n) is 12.9. The number of hydrogen-bond donors (Lipinski definition) is 2. The maximum absolute atomic E-state index is 12.0. The van der Waals surface area contributed by atoms with Crippen molar-refractivity contribution in [1.29, 1.82) is 0 Å². The quantitative estimate of drug-likeness (QED) is 0.790. The first kappa shape index (κ1) is 15.5. The van der Waals surface area contributed by atoms with Crippen molar-refractivity contribution < 1.29 is 4.79 Å². The number of aromatic nitrogens is 2. The third kappa shape index (κ3) is 5.17. The Kier molecular flexibility index (Phi) is 5.72. The first-order valence-corrected chi connectivity index (χ1v) is 7.71. The summed E-state index contributed by atoms with van der Waals surface area (Å²) in [6, 6.07) is 3.78. The fourth-order valence-corrected chi connectivity index (χ4v) is 2.38. The minimum absolute atomic E-state index is 0.157. The Hall–Kier alpha value is -1.91. The Balaban J connectivity index is 1.78. The summed E-state index contributed by atoms with van der Waals surface area (Å²) in [6.45, 7) is 4.73. The Bertz CT molecular complexity index is 494. The smallest absolute Gasteiger partial charge is 0.271 e. The van der Waals surface area contributed by atoms with E-state index in [-0.39, 0.29) is 5.91 Å². The highest BCUT2D eigenvalue weighted by molar-refractivity contribution is 5.92. The van der Waals surface area contributed by atoms with E-state index in [1.165, 1.54) is 31.3 Å². The van der Waals surface area contributed by atoms with E-state index < -0.39 is 0 Å². The zero-order valence-corrected chi connectivity index (χ0v) is 12.9. The van der Waals surface area contributed by atoms with Crippen LogP contribution in [-0.4, -0.2) is 28.7 Å². The van der Waals surface area contributed by atoms with Gasteiger partial charge in [-0.2, -0.15) is 0 Å². The Labute approximate surface area is 126 Å². The van der Waals surface area contributed by atoms with E-state index in [0.29, 0.717) is 24.1 Å². The number of nitrogens with one attached hydrogen (secondary N) is 2. The summed E-state index contributed by atoms with van der Waals surface area (Å²) in [5.74, 6) is 0.531. The van der Waals surface area contributed by atoms with E-state index in [4.69, 9.17) is 0 Å². The number of amides is 1. The van der Waals surface area contributed by atoms with Gasteiger partial charge in [0, 0.05) is 12.6 Å². The third-order valence-electron chi connectivity index (χ3n) is 3.45. The Morgan fingerprint density at radius 3 is 2.76 bits per heavy atom. The molecule has 0 saturated carbocycles. The van der Waals surface area contributed by atoms with Crippen LogP contribution in [0.5, 0.6) is 0 Å². The number of carbonyl (C=O) groups excluding carboxylic acids is 1. The molecule has 114 valence electrons. The number of anilines is 1. The molecule has 2 rings (SSSR count). The van der Waals surface area contributed by atoms with Crippen molar-refractivity contribution in [2.75, 3.05) is 11.9 Å². The van der Waals surface area contributed by atoms with Crippen LogP contribution in [-0.2, 0) is 0 Å². The summed E-state index contributed by atoms with van der Waals surface area (Å²) in [5, 5.41) is 14.0. The van der Waals surface area contributed by atoms with Crippen LogP contribution in [0.2, 0.25) is 0 Å². The lowest BCUT2D eigenvalue weighted by molar-refractivity contribution is 0.0948. The summed E-state index contributed by atoms with van der Waals surface area (Å²) in [5.41, 5.74) is 1.83. The van der Waals surface area contributed by atoms with Crippen LogP contribution in [0.4, 0.5) is 5.82 Å². The molecule has 0 atom stereocenters. The summed E-state index contributed by atoms with van der Waals surface area (Å²) in [6.07, 6.45) is 8.16. The van der Waals surface area contributed by atoms with Gasteiger partial charge in [0.05, 0.1) is 0 Å². The van der Waals surface area contributed by atoms with Gasteiger partial charge in [0.2, 0.25) is 0 Å². The lowest BCUT2D eigenvalue weighted by atomic mass is 9.97. The number of rotatable bonds is 6. The van der Waals surface area contributed by atoms with E-state index in [2.05, 4.69) is 26.9 Å². The van der Waals surface area contributed by atoms with Crippen molar-refractivity contribution in [3.8, 4) is 0 Å². The molecular formula is C16H24N4O. The van der Waals surface area contributed by atoms with E-state index in [1.54, 1.807) is 12.1 Å². The van der Waals surface area contributed by atoms with Gasteiger partial charge >= 0.3 is 0 Å². The summed E-state index contributed by atoms with van der Waals surface area (Å²) in [7, 11) is 0. The van der Waals surface area contributed by atoms with Crippen LogP contribution in [0.3, 0.4) is 0 Å². The lowest BCUT2D eigenvalue weighted by Gasteiger charge is -2.12. The van der Waals surface area contributed by atoms with Crippen molar-refractivity contribution in [1.82, 2.24) is 15.5 Å². The van der Waals surface area contributed by atoms with Gasteiger partial charge < -0.3 is 10.6 Å². The molecule has 0 spiro atoms. The molecule has 1 aliphatic carbocycles. The van der Waals surface area contributed by atoms with Gasteiger partial charge in [0.25, 0.3) is 5.91 Å². The van der Waals surface area contributed by atoms with Crippen LogP contribution >= 0.6 is 0 Å². The molecule has 5 heteroatoms. The average molecular weight is 288 g/mol. The van der Waals surface area contributed by atoms with Gasteiger partial charge in [-0.05, 0) is 58.1 Å². The molecule has 1 aromatic heterocycles. The van der Waals surface area contributed by atoms with Crippen molar-refractivity contribution in [3.05, 3.63) is 29.5 Å². The summed E-state index contributed by atoms with van der Waals surface area (Å²) in [4.78, 5) is 12.0. The number of allylic oxidation sites excluding steroid dienone is 1. The van der Waals surface area contributed by atoms with Crippen LogP contribution in [0, 0.1) is 0 Å². The highest BCUT2D eigenvalue weighted by Gasteiger charge is 2.09. The van der Waals surface area contributed by atoms with E-state index in [1.807, 2.05) is 13.8 Å². The first-order valence-electron chi connectivity index (χ1n) is 7.71. The fourth-order valence-electron chi connectivity index (χ4n) is 2.38. The fraction of sp³-hybridized carbons (Fsp3) is 0.562. The van der Waals surface area contributed by atoms with Gasteiger partial charge in [0.1, 0.15) is 5.82 Å². The molecule has 0 aliphatic heterocycles. The molecule has 0 fully saturated rings. The molecule has 2 N–H and O–H groups in total. The molecule has 5 nitrogen and oxygen atoms in total. The number of hydrogen-bond acceptors (Lipinski definition) is 4. The van der Waals surface area contributed by atoms with Crippen LogP contribution in [0.1, 0.15) is 56.4 Å². The predicted octanol–water partition coefficient (Wildman–Crippen LogP) is 2.92. The van der Waals surface area contributed by atoms with Gasteiger partial charge in [0.15, 0.2) is 5.69 Å². The largest absolute Gasteiger partial charge is 0.366 e. The minimum Gasteiger partial charge on any atom is -0.366 e. The lowest BCUT2D eigenvalue weighted by Crippen LogP contribution is -2.26. The van der Waals surface area contributed by atoms with Crippen molar-refractivity contribution in [3.63, 3.8) is 0 Å². The zero-order chi connectivity index (χ0) is 15.1. The maximum atomic E-state index is 12.0. The molecule has 21 heavy (non-hydrogen) atoms. The maximum Gasteiger partial charge on any atom is 0.271 e. The number of nitrogens with zero attached hydrogens (tertiary/aromatic N) is 2. The molecule has 0 aromatic carbocycles. The standard InChI is InChI=1S/C16H24N4O/c1-12(2)18-15-9-8-14(19-20-15)16(21)17-11-10-13-6-4-3-5-7-13/h6,8-9,12H,3-5,7,10-11H2,1-2H3,(H,17,21)(H,18,20). The second-order valence-corrected chi connectivity index (χ2v) is 5.72. The first-order chi connectivity index (χ1) is 10.1. The molecular weight excluding hydrogens is 264 g/mol. The second kappa shape index (κ2) is 7.76. The average Bonchev–Trinajstić information content (AvgIpc) is 2.48. The highest BCUT2D eigenvalue weighted by Crippen LogP contribution is 2.19. The van der Waals surface area contributed by atoms with Crippen molar-refractivity contribution in [2.45, 2.75) is 52.0 Å². The molecule has 0 bridgehead atoms. The van der Waals surface area contributed by atoms with Gasteiger partial charge in [-0.15, -0.1) is 10.2 Å². The molecule has 0 saturated heterocycles. The van der Waals surface area contributed by atoms with E-state index in [9.17, 15) is 4.79 Å². The SMILES string of the molecule is CC(C)Nc1ccc(C(=O)NCCC2=CCCCC2)nn1. The van der Waals surface area contributed by atoms with E-state index in [0.717, 1.165) is 6.42 Å². The molecule has 1 heterocycles. The highest BCUT2D eigenvalue weighted by atomic mass is 16.1. The van der Waals surface area contributed by atoms with Crippen LogP contribution < -0.4 is 10.6 Å². The molecule has 1 amide bonds. The Morgan fingerprint density at radius 2 is 2.14 bits per heavy atom. The molecule has 0 radical (unpaired) electrons. The molecule has 0 unspecified atom stereocenters. The summed E-state index contributed by atoms with van der Waals surface area (Å²) >= 11 is 0. The monoisotopic (exact) mass is 288 g/mol. The second-order valence-electron chi connectivity index (χ2n) is 5.72. The number of carbonyl (C=O) groups is 1.